The molecule has 9 heteroatoms. The van der Waals surface area contributed by atoms with Crippen molar-refractivity contribution in [3.63, 3.8) is 0 Å². The summed E-state index contributed by atoms with van der Waals surface area (Å²) in [5.41, 5.74) is 8.16. The lowest BCUT2D eigenvalue weighted by Crippen LogP contribution is -2.59. The summed E-state index contributed by atoms with van der Waals surface area (Å²) < 4.78 is 0. The van der Waals surface area contributed by atoms with Crippen molar-refractivity contribution < 1.29 is 19.2 Å². The molecule has 9 nitrogen and oxygen atoms in total. The molecule has 28 heavy (non-hydrogen) atoms. The summed E-state index contributed by atoms with van der Waals surface area (Å²) in [6, 6.07) is 4.29. The van der Waals surface area contributed by atoms with Gasteiger partial charge in [0.1, 0.15) is 22.5 Å². The number of aromatic nitrogens is 1. The van der Waals surface area contributed by atoms with E-state index in [1.54, 1.807) is 27.7 Å². The molecule has 1 aromatic rings. The van der Waals surface area contributed by atoms with Crippen LogP contribution in [0.15, 0.2) is 18.2 Å². The lowest BCUT2D eigenvalue weighted by molar-refractivity contribution is -0.125. The van der Waals surface area contributed by atoms with Crippen molar-refractivity contribution in [1.82, 2.24) is 15.6 Å². The molecule has 154 valence electrons. The number of carbonyl (C=O) groups is 4. The molecule has 6 N–H and O–H groups in total. The molecule has 0 fully saturated rings. The summed E-state index contributed by atoms with van der Waals surface area (Å²) in [7, 11) is 0. The van der Waals surface area contributed by atoms with Crippen molar-refractivity contribution >= 4 is 23.6 Å². The van der Waals surface area contributed by atoms with Gasteiger partial charge in [0.2, 0.25) is 11.8 Å². The van der Waals surface area contributed by atoms with Gasteiger partial charge in [-0.3, -0.25) is 19.2 Å². The molecular formula is C19H29N5O4. The standard InChI is InChI=1S/C19H29N5O4/c1-10(2)18(5,16(20)27)23-14(25)12-8-7-9-13(22-12)15(26)24-19(6,11(3)4)17(21)28/h7-11H,1-6H3,(H2,20,27)(H2,21,28)(H,23,25)(H,24,26)/t18-,19-/m1/s1. The van der Waals surface area contributed by atoms with E-state index in [-0.39, 0.29) is 23.2 Å². The number of rotatable bonds is 8. The number of nitrogens with zero attached hydrogens (tertiary/aromatic N) is 1. The fourth-order valence-corrected chi connectivity index (χ4v) is 2.27. The smallest absolute Gasteiger partial charge is 0.270 e. The maximum Gasteiger partial charge on any atom is 0.270 e. The summed E-state index contributed by atoms with van der Waals surface area (Å²) in [5.74, 6) is -3.18. The fourth-order valence-electron chi connectivity index (χ4n) is 2.27. The van der Waals surface area contributed by atoms with Gasteiger partial charge in [-0.2, -0.15) is 0 Å². The van der Waals surface area contributed by atoms with E-state index < -0.39 is 34.7 Å². The van der Waals surface area contributed by atoms with Crippen LogP contribution in [0.4, 0.5) is 0 Å². The minimum atomic E-state index is -1.28. The lowest BCUT2D eigenvalue weighted by atomic mass is 9.87. The molecule has 1 heterocycles. The van der Waals surface area contributed by atoms with Crippen LogP contribution in [0.3, 0.4) is 0 Å². The van der Waals surface area contributed by atoms with E-state index in [9.17, 15) is 19.2 Å². The Morgan fingerprint density at radius 1 is 0.821 bits per heavy atom. The van der Waals surface area contributed by atoms with Crippen molar-refractivity contribution in [1.29, 1.82) is 0 Å². The van der Waals surface area contributed by atoms with E-state index >= 15 is 0 Å². The predicted molar refractivity (Wildman–Crippen MR) is 104 cm³/mol. The predicted octanol–water partition coefficient (Wildman–Crippen LogP) is 0.341. The van der Waals surface area contributed by atoms with E-state index in [1.165, 1.54) is 32.0 Å². The molecular weight excluding hydrogens is 362 g/mol. The summed E-state index contributed by atoms with van der Waals surface area (Å²) in [6.45, 7) is 10.0. The highest BCUT2D eigenvalue weighted by Crippen LogP contribution is 2.18. The summed E-state index contributed by atoms with van der Waals surface area (Å²) in [6.07, 6.45) is 0. The number of carbonyl (C=O) groups excluding carboxylic acids is 4. The van der Waals surface area contributed by atoms with Gasteiger partial charge in [0, 0.05) is 0 Å². The Morgan fingerprint density at radius 3 is 1.39 bits per heavy atom. The first-order valence-electron chi connectivity index (χ1n) is 8.97. The minimum Gasteiger partial charge on any atom is -0.368 e. The number of nitrogens with one attached hydrogen (secondary N) is 2. The Balaban J connectivity index is 3.12. The van der Waals surface area contributed by atoms with Crippen molar-refractivity contribution in [3.05, 3.63) is 29.6 Å². The summed E-state index contributed by atoms with van der Waals surface area (Å²) >= 11 is 0. The van der Waals surface area contributed by atoms with Gasteiger partial charge >= 0.3 is 0 Å². The molecule has 0 aliphatic carbocycles. The largest absolute Gasteiger partial charge is 0.368 e. The molecule has 0 spiro atoms. The fraction of sp³-hybridized carbons (Fsp3) is 0.526. The number of amides is 4. The van der Waals surface area contributed by atoms with Gasteiger partial charge in [-0.05, 0) is 37.8 Å². The lowest BCUT2D eigenvalue weighted by Gasteiger charge is -2.31. The van der Waals surface area contributed by atoms with Crippen LogP contribution in [0.1, 0.15) is 62.5 Å². The summed E-state index contributed by atoms with van der Waals surface area (Å²) in [4.78, 5) is 52.7. The van der Waals surface area contributed by atoms with Crippen LogP contribution in [-0.4, -0.2) is 39.7 Å². The van der Waals surface area contributed by atoms with Crippen molar-refractivity contribution in [2.45, 2.75) is 52.6 Å². The zero-order valence-electron chi connectivity index (χ0n) is 17.1. The van der Waals surface area contributed by atoms with Crippen LogP contribution in [0.5, 0.6) is 0 Å². The van der Waals surface area contributed by atoms with Gasteiger partial charge < -0.3 is 22.1 Å². The Hall–Kier alpha value is -2.97. The second kappa shape index (κ2) is 8.37. The normalized spacial score (nSPS) is 15.4. The minimum absolute atomic E-state index is 0.0638. The van der Waals surface area contributed by atoms with Crippen LogP contribution in [-0.2, 0) is 9.59 Å². The molecule has 0 aliphatic heterocycles. The van der Waals surface area contributed by atoms with Crippen molar-refractivity contribution in [3.8, 4) is 0 Å². The molecule has 1 rings (SSSR count). The molecule has 2 atom stereocenters. The molecule has 0 bridgehead atoms. The highest BCUT2D eigenvalue weighted by atomic mass is 16.2. The van der Waals surface area contributed by atoms with E-state index in [1.807, 2.05) is 0 Å². The number of hydrogen-bond donors (Lipinski definition) is 4. The van der Waals surface area contributed by atoms with Crippen LogP contribution in [0.2, 0.25) is 0 Å². The average molecular weight is 391 g/mol. The van der Waals surface area contributed by atoms with E-state index in [4.69, 9.17) is 11.5 Å². The zero-order valence-corrected chi connectivity index (χ0v) is 17.1. The van der Waals surface area contributed by atoms with Crippen LogP contribution < -0.4 is 22.1 Å². The maximum absolute atomic E-state index is 12.6. The second-order valence-corrected chi connectivity index (χ2v) is 7.76. The molecule has 0 saturated heterocycles. The third kappa shape index (κ3) is 4.65. The van der Waals surface area contributed by atoms with Crippen LogP contribution >= 0.6 is 0 Å². The van der Waals surface area contributed by atoms with E-state index in [2.05, 4.69) is 15.6 Å². The van der Waals surface area contributed by atoms with E-state index in [0.29, 0.717) is 0 Å². The molecule has 0 aliphatic rings. The zero-order chi connectivity index (χ0) is 21.9. The third-order valence-corrected chi connectivity index (χ3v) is 5.29. The Kier molecular flexibility index (Phi) is 6.89. The van der Waals surface area contributed by atoms with Gasteiger partial charge in [0.25, 0.3) is 11.8 Å². The SMILES string of the molecule is CC(C)[C@@](C)(NC(=O)c1cccc(C(=O)N[C@@](C)(C(N)=O)C(C)C)n1)C(N)=O. The van der Waals surface area contributed by atoms with Crippen molar-refractivity contribution in [2.24, 2.45) is 23.3 Å². The molecule has 0 unspecified atom stereocenters. The Morgan fingerprint density at radius 2 is 1.14 bits per heavy atom. The topological polar surface area (TPSA) is 157 Å². The van der Waals surface area contributed by atoms with Gasteiger partial charge in [0.15, 0.2) is 0 Å². The van der Waals surface area contributed by atoms with Crippen molar-refractivity contribution in [2.75, 3.05) is 0 Å². The first kappa shape index (κ1) is 23.1. The van der Waals surface area contributed by atoms with Crippen LogP contribution in [0, 0.1) is 11.8 Å². The second-order valence-electron chi connectivity index (χ2n) is 7.76. The Labute approximate surface area is 164 Å². The first-order valence-corrected chi connectivity index (χ1v) is 8.97. The molecule has 0 aromatic carbocycles. The molecule has 4 amide bonds. The Bertz CT molecular complexity index is 731. The van der Waals surface area contributed by atoms with Crippen LogP contribution in [0.25, 0.3) is 0 Å². The van der Waals surface area contributed by atoms with Gasteiger partial charge in [-0.1, -0.05) is 33.8 Å². The number of primary amides is 2. The first-order chi connectivity index (χ1) is 12.8. The van der Waals surface area contributed by atoms with E-state index in [0.717, 1.165) is 0 Å². The molecule has 0 radical (unpaired) electrons. The van der Waals surface area contributed by atoms with Gasteiger partial charge in [0.05, 0.1) is 0 Å². The maximum atomic E-state index is 12.6. The molecule has 1 aromatic heterocycles. The number of pyridine rings is 1. The summed E-state index contributed by atoms with van der Waals surface area (Å²) in [5, 5.41) is 5.16. The van der Waals surface area contributed by atoms with Gasteiger partial charge in [-0.15, -0.1) is 0 Å². The number of hydrogen-bond acceptors (Lipinski definition) is 5. The molecule has 0 saturated carbocycles. The highest BCUT2D eigenvalue weighted by Gasteiger charge is 2.38. The van der Waals surface area contributed by atoms with Gasteiger partial charge in [-0.25, -0.2) is 4.98 Å². The number of nitrogens with two attached hydrogens (primary N) is 2. The average Bonchev–Trinajstić information content (AvgIpc) is 2.60. The third-order valence-electron chi connectivity index (χ3n) is 5.29. The monoisotopic (exact) mass is 391 g/mol. The highest BCUT2D eigenvalue weighted by molar-refractivity contribution is 6.00. The quantitative estimate of drug-likeness (QED) is 0.502.